The van der Waals surface area contributed by atoms with Crippen LogP contribution < -0.4 is 0 Å². The van der Waals surface area contributed by atoms with Gasteiger partial charge in [-0.05, 0) is 30.4 Å². The molecule has 1 aromatic heterocycles. The molecule has 0 aliphatic rings. The van der Waals surface area contributed by atoms with E-state index in [1.54, 1.807) is 13.1 Å². The van der Waals surface area contributed by atoms with Crippen molar-refractivity contribution in [3.05, 3.63) is 42.2 Å². The fraction of sp³-hybridized carbons (Fsp3) is 0.250. The van der Waals surface area contributed by atoms with E-state index in [0.717, 1.165) is 10.9 Å². The van der Waals surface area contributed by atoms with Crippen molar-refractivity contribution in [3.63, 3.8) is 0 Å². The molecular formula is C12H13NO. The lowest BCUT2D eigenvalue weighted by molar-refractivity contribution is 0.196. The molecular weight excluding hydrogens is 174 g/mol. The van der Waals surface area contributed by atoms with E-state index in [-0.39, 0.29) is 6.10 Å². The Balaban J connectivity index is 2.53. The van der Waals surface area contributed by atoms with E-state index in [4.69, 9.17) is 0 Å². The molecule has 2 rings (SSSR count). The molecule has 1 heterocycles. The molecule has 0 spiro atoms. The van der Waals surface area contributed by atoms with Gasteiger partial charge in [0.15, 0.2) is 0 Å². The predicted octanol–water partition coefficient (Wildman–Crippen LogP) is 2.16. The van der Waals surface area contributed by atoms with Crippen LogP contribution in [-0.4, -0.2) is 16.2 Å². The van der Waals surface area contributed by atoms with Gasteiger partial charge in [-0.3, -0.25) is 4.98 Å². The molecule has 14 heavy (non-hydrogen) atoms. The minimum absolute atomic E-state index is 0.305. The Morgan fingerprint density at radius 2 is 2.21 bits per heavy atom. The summed E-state index contributed by atoms with van der Waals surface area (Å²) in [5.74, 6) is 0. The maximum atomic E-state index is 9.34. The number of aliphatic hydroxyl groups is 1. The van der Waals surface area contributed by atoms with Gasteiger partial charge in [-0.25, -0.2) is 0 Å². The molecule has 1 N–H and O–H groups in total. The number of hydrogen-bond acceptors (Lipinski definition) is 2. The quantitative estimate of drug-likeness (QED) is 0.781. The van der Waals surface area contributed by atoms with Crippen molar-refractivity contribution in [2.24, 2.45) is 0 Å². The summed E-state index contributed by atoms with van der Waals surface area (Å²) in [6, 6.07) is 8.10. The number of rotatable bonds is 2. The second kappa shape index (κ2) is 3.76. The first-order chi connectivity index (χ1) is 6.77. The Labute approximate surface area is 83.2 Å². The molecule has 0 radical (unpaired) electrons. The summed E-state index contributed by atoms with van der Waals surface area (Å²) in [5, 5.41) is 11.7. The molecule has 2 aromatic rings. The Hall–Kier alpha value is -1.41. The zero-order valence-corrected chi connectivity index (χ0v) is 8.14. The molecule has 0 saturated carbocycles. The van der Waals surface area contributed by atoms with Crippen molar-refractivity contribution >= 4 is 10.8 Å². The van der Waals surface area contributed by atoms with E-state index in [1.807, 2.05) is 24.4 Å². The van der Waals surface area contributed by atoms with E-state index >= 15 is 0 Å². The van der Waals surface area contributed by atoms with E-state index in [1.165, 1.54) is 5.39 Å². The number of nitrogens with zero attached hydrogens (tertiary/aromatic N) is 1. The highest BCUT2D eigenvalue weighted by Gasteiger charge is 2.03. The number of hydrogen-bond donors (Lipinski definition) is 1. The first-order valence-corrected chi connectivity index (χ1v) is 4.77. The first kappa shape index (κ1) is 9.16. The monoisotopic (exact) mass is 187 g/mol. The Morgan fingerprint density at radius 1 is 1.36 bits per heavy atom. The first-order valence-electron chi connectivity index (χ1n) is 4.77. The maximum Gasteiger partial charge on any atom is 0.0552 e. The van der Waals surface area contributed by atoms with Crippen molar-refractivity contribution < 1.29 is 5.11 Å². The van der Waals surface area contributed by atoms with E-state index in [0.29, 0.717) is 6.42 Å². The number of benzene rings is 1. The fourth-order valence-corrected chi connectivity index (χ4v) is 1.67. The molecule has 72 valence electrons. The number of pyridine rings is 1. The second-order valence-electron chi connectivity index (χ2n) is 3.57. The van der Waals surface area contributed by atoms with E-state index in [2.05, 4.69) is 11.1 Å². The third-order valence-electron chi connectivity index (χ3n) is 2.29. The van der Waals surface area contributed by atoms with Gasteiger partial charge in [0.2, 0.25) is 0 Å². The van der Waals surface area contributed by atoms with Gasteiger partial charge in [-0.15, -0.1) is 0 Å². The van der Waals surface area contributed by atoms with Crippen LogP contribution in [0.1, 0.15) is 12.5 Å². The summed E-state index contributed by atoms with van der Waals surface area (Å²) < 4.78 is 0. The summed E-state index contributed by atoms with van der Waals surface area (Å²) in [6.45, 7) is 1.80. The molecule has 0 bridgehead atoms. The molecule has 0 aliphatic heterocycles. The summed E-state index contributed by atoms with van der Waals surface area (Å²) in [5.41, 5.74) is 1.16. The van der Waals surface area contributed by atoms with Crippen molar-refractivity contribution in [2.45, 2.75) is 19.4 Å². The highest BCUT2D eigenvalue weighted by atomic mass is 16.3. The molecule has 0 aliphatic carbocycles. The van der Waals surface area contributed by atoms with Gasteiger partial charge in [-0.1, -0.05) is 18.2 Å². The lowest BCUT2D eigenvalue weighted by atomic mass is 10.0. The summed E-state index contributed by atoms with van der Waals surface area (Å²) in [6.07, 6.45) is 4.02. The molecule has 0 saturated heterocycles. The number of fused-ring (bicyclic) bond motifs is 1. The molecule has 0 fully saturated rings. The van der Waals surface area contributed by atoms with Crippen molar-refractivity contribution in [1.29, 1.82) is 0 Å². The van der Waals surface area contributed by atoms with Crippen molar-refractivity contribution in [2.75, 3.05) is 0 Å². The molecule has 1 atom stereocenters. The molecule has 0 amide bonds. The Kier molecular flexibility index (Phi) is 2.46. The van der Waals surface area contributed by atoms with Gasteiger partial charge in [0, 0.05) is 17.8 Å². The van der Waals surface area contributed by atoms with Gasteiger partial charge < -0.3 is 5.11 Å². The minimum atomic E-state index is -0.305. The van der Waals surface area contributed by atoms with Crippen LogP contribution in [0.5, 0.6) is 0 Å². The SMILES string of the molecule is CC(O)Cc1cccc2ccncc12. The number of aromatic nitrogens is 1. The third-order valence-corrected chi connectivity index (χ3v) is 2.29. The van der Waals surface area contributed by atoms with Gasteiger partial charge in [-0.2, -0.15) is 0 Å². The molecule has 2 nitrogen and oxygen atoms in total. The van der Waals surface area contributed by atoms with Crippen LogP contribution in [0, 0.1) is 0 Å². The zero-order valence-electron chi connectivity index (χ0n) is 8.14. The largest absolute Gasteiger partial charge is 0.393 e. The van der Waals surface area contributed by atoms with Crippen molar-refractivity contribution in [3.8, 4) is 0 Å². The summed E-state index contributed by atoms with van der Waals surface area (Å²) >= 11 is 0. The average molecular weight is 187 g/mol. The highest BCUT2D eigenvalue weighted by Crippen LogP contribution is 2.18. The number of aliphatic hydroxyl groups excluding tert-OH is 1. The standard InChI is InChI=1S/C12H13NO/c1-9(14)7-11-4-2-3-10-5-6-13-8-12(10)11/h2-6,8-9,14H,7H2,1H3. The summed E-state index contributed by atoms with van der Waals surface area (Å²) in [4.78, 5) is 4.10. The fourth-order valence-electron chi connectivity index (χ4n) is 1.67. The third kappa shape index (κ3) is 1.75. The highest BCUT2D eigenvalue weighted by molar-refractivity contribution is 5.84. The minimum Gasteiger partial charge on any atom is -0.393 e. The molecule has 1 aromatic carbocycles. The predicted molar refractivity (Wildman–Crippen MR) is 57.1 cm³/mol. The van der Waals surface area contributed by atoms with Gasteiger partial charge in [0.25, 0.3) is 0 Å². The maximum absolute atomic E-state index is 9.34. The van der Waals surface area contributed by atoms with Crippen LogP contribution in [0.2, 0.25) is 0 Å². The van der Waals surface area contributed by atoms with Crippen LogP contribution in [0.4, 0.5) is 0 Å². The van der Waals surface area contributed by atoms with E-state index < -0.39 is 0 Å². The van der Waals surface area contributed by atoms with Crippen molar-refractivity contribution in [1.82, 2.24) is 4.98 Å². The lowest BCUT2D eigenvalue weighted by Crippen LogP contribution is -2.04. The topological polar surface area (TPSA) is 33.1 Å². The molecule has 2 heteroatoms. The van der Waals surface area contributed by atoms with Gasteiger partial charge in [0.1, 0.15) is 0 Å². The van der Waals surface area contributed by atoms with E-state index in [9.17, 15) is 5.11 Å². The smallest absolute Gasteiger partial charge is 0.0552 e. The van der Waals surface area contributed by atoms with Gasteiger partial charge >= 0.3 is 0 Å². The Morgan fingerprint density at radius 3 is 3.00 bits per heavy atom. The Bertz CT molecular complexity index is 432. The van der Waals surface area contributed by atoms with Crippen LogP contribution in [-0.2, 0) is 6.42 Å². The van der Waals surface area contributed by atoms with Crippen LogP contribution >= 0.6 is 0 Å². The van der Waals surface area contributed by atoms with Crippen LogP contribution in [0.3, 0.4) is 0 Å². The van der Waals surface area contributed by atoms with Gasteiger partial charge in [0.05, 0.1) is 6.10 Å². The zero-order chi connectivity index (χ0) is 9.97. The molecule has 1 unspecified atom stereocenters. The summed E-state index contributed by atoms with van der Waals surface area (Å²) in [7, 11) is 0. The second-order valence-corrected chi connectivity index (χ2v) is 3.57. The van der Waals surface area contributed by atoms with Crippen LogP contribution in [0.15, 0.2) is 36.7 Å². The average Bonchev–Trinajstić information content (AvgIpc) is 2.18. The van der Waals surface area contributed by atoms with Crippen LogP contribution in [0.25, 0.3) is 10.8 Å². The lowest BCUT2D eigenvalue weighted by Gasteiger charge is -2.07. The normalized spacial score (nSPS) is 13.0.